The summed E-state index contributed by atoms with van der Waals surface area (Å²) in [5.41, 5.74) is 8.18. The van der Waals surface area contributed by atoms with Gasteiger partial charge in [0.15, 0.2) is 11.6 Å². The summed E-state index contributed by atoms with van der Waals surface area (Å²) in [5.74, 6) is 3.71. The van der Waals surface area contributed by atoms with E-state index in [2.05, 4.69) is 26.9 Å². The second-order valence-electron chi connectivity index (χ2n) is 9.14. The number of anilines is 1. The number of likely N-dealkylation sites (tertiary alicyclic amines) is 1. The Morgan fingerprint density at radius 3 is 2.48 bits per heavy atom. The van der Waals surface area contributed by atoms with Gasteiger partial charge in [0, 0.05) is 18.5 Å². The quantitative estimate of drug-likeness (QED) is 0.544. The molecule has 0 bridgehead atoms. The lowest BCUT2D eigenvalue weighted by Gasteiger charge is -2.22. The molecule has 33 heavy (non-hydrogen) atoms. The summed E-state index contributed by atoms with van der Waals surface area (Å²) in [6, 6.07) is -0.234. The van der Waals surface area contributed by atoms with E-state index in [-0.39, 0.29) is 29.5 Å². The van der Waals surface area contributed by atoms with Crippen LogP contribution in [0.1, 0.15) is 55.7 Å². The monoisotopic (exact) mass is 454 g/mol. The summed E-state index contributed by atoms with van der Waals surface area (Å²) in [4.78, 5) is 20.8. The molecule has 4 rings (SSSR count). The summed E-state index contributed by atoms with van der Waals surface area (Å²) in [5, 5.41) is 14.5. The molecule has 0 saturated carbocycles. The van der Waals surface area contributed by atoms with Crippen molar-refractivity contribution in [3.63, 3.8) is 0 Å². The molecule has 0 aliphatic carbocycles. The highest BCUT2D eigenvalue weighted by molar-refractivity contribution is 5.96. The number of pyridine rings is 2. The first-order chi connectivity index (χ1) is 15.5. The highest BCUT2D eigenvalue weighted by atomic mass is 19.1. The van der Waals surface area contributed by atoms with Crippen molar-refractivity contribution in [2.45, 2.75) is 45.6 Å². The molecule has 10 heteroatoms. The lowest BCUT2D eigenvalue weighted by atomic mass is 9.88. The average molecular weight is 454 g/mol. The van der Waals surface area contributed by atoms with E-state index in [0.717, 1.165) is 23.7 Å². The molecule has 0 radical (unpaired) electrons. The molecule has 172 valence electrons. The Balaban J connectivity index is 1.95. The van der Waals surface area contributed by atoms with Gasteiger partial charge in [0.05, 0.1) is 40.6 Å². The van der Waals surface area contributed by atoms with Gasteiger partial charge in [-0.05, 0) is 24.8 Å². The zero-order valence-corrected chi connectivity index (χ0v) is 18.8. The third-order valence-electron chi connectivity index (χ3n) is 5.76. The van der Waals surface area contributed by atoms with Gasteiger partial charge in [-0.1, -0.05) is 26.7 Å². The molecular formula is C23H24F2N6O2. The van der Waals surface area contributed by atoms with Crippen molar-refractivity contribution in [1.29, 1.82) is 0 Å². The number of halogens is 2. The van der Waals surface area contributed by atoms with Gasteiger partial charge in [0.1, 0.15) is 11.5 Å². The van der Waals surface area contributed by atoms with Crippen LogP contribution in [0.4, 0.5) is 19.4 Å². The number of carboxylic acid groups (broad SMARTS) is 1. The molecule has 1 saturated heterocycles. The van der Waals surface area contributed by atoms with E-state index in [4.69, 9.17) is 5.73 Å². The average Bonchev–Trinajstić information content (AvgIpc) is 3.35. The summed E-state index contributed by atoms with van der Waals surface area (Å²) >= 11 is 0. The Bertz CT molecular complexity index is 1310. The van der Waals surface area contributed by atoms with Crippen molar-refractivity contribution in [2.75, 3.05) is 18.8 Å². The summed E-state index contributed by atoms with van der Waals surface area (Å²) < 4.78 is 29.8. The largest absolute Gasteiger partial charge is 0.465 e. The molecule has 1 amide bonds. The molecule has 1 aliphatic heterocycles. The summed E-state index contributed by atoms with van der Waals surface area (Å²) in [6.45, 7) is 8.61. The van der Waals surface area contributed by atoms with Gasteiger partial charge < -0.3 is 15.7 Å². The van der Waals surface area contributed by atoms with E-state index in [1.165, 1.54) is 4.90 Å². The van der Waals surface area contributed by atoms with Gasteiger partial charge in [-0.15, -0.1) is 0 Å². The van der Waals surface area contributed by atoms with E-state index < -0.39 is 23.3 Å². The molecule has 4 heterocycles. The Hall–Kier alpha value is -3.74. The number of nitrogens with zero attached hydrogens (tertiary/aromatic N) is 5. The molecule has 0 spiro atoms. The maximum atomic E-state index is 14.0. The fraction of sp³-hybridized carbons (Fsp3) is 0.391. The van der Waals surface area contributed by atoms with E-state index in [9.17, 15) is 18.7 Å². The lowest BCUT2D eigenvalue weighted by molar-refractivity contribution is 0.154. The number of aryl methyl sites for hydroxylation is 1. The Morgan fingerprint density at radius 2 is 1.91 bits per heavy atom. The fourth-order valence-electron chi connectivity index (χ4n) is 4.26. The van der Waals surface area contributed by atoms with Gasteiger partial charge in [0.25, 0.3) is 0 Å². The second kappa shape index (κ2) is 7.99. The van der Waals surface area contributed by atoms with Crippen LogP contribution >= 0.6 is 0 Å². The van der Waals surface area contributed by atoms with Gasteiger partial charge in [0.2, 0.25) is 0 Å². The van der Waals surface area contributed by atoms with Gasteiger partial charge >= 0.3 is 6.09 Å². The van der Waals surface area contributed by atoms with Crippen LogP contribution in [0.5, 0.6) is 0 Å². The molecule has 0 unspecified atom stereocenters. The minimum atomic E-state index is -0.995. The van der Waals surface area contributed by atoms with E-state index >= 15 is 0 Å². The van der Waals surface area contributed by atoms with Crippen LogP contribution in [0.3, 0.4) is 0 Å². The summed E-state index contributed by atoms with van der Waals surface area (Å²) in [6.07, 6.45) is 1.35. The molecule has 3 aromatic rings. The smallest absolute Gasteiger partial charge is 0.407 e. The van der Waals surface area contributed by atoms with Crippen molar-refractivity contribution in [2.24, 2.45) is 0 Å². The van der Waals surface area contributed by atoms with Gasteiger partial charge in [-0.25, -0.2) is 18.6 Å². The van der Waals surface area contributed by atoms with E-state index in [1.807, 2.05) is 27.7 Å². The van der Waals surface area contributed by atoms with Crippen LogP contribution in [0.25, 0.3) is 10.9 Å². The number of hydrogen-bond acceptors (Lipinski definition) is 5. The van der Waals surface area contributed by atoms with Crippen molar-refractivity contribution >= 4 is 22.8 Å². The SMILES string of the molecule is Cc1c(C(C)(C)C)nc(N)c2c(C#Cc3c(F)cncc3F)nn([C@H]3CCN(C(=O)O)C3)c12. The predicted molar refractivity (Wildman–Crippen MR) is 119 cm³/mol. The van der Waals surface area contributed by atoms with Crippen molar-refractivity contribution in [3.05, 3.63) is 46.5 Å². The second-order valence-corrected chi connectivity index (χ2v) is 9.14. The first-order valence-electron chi connectivity index (χ1n) is 10.5. The molecular weight excluding hydrogens is 430 g/mol. The topological polar surface area (TPSA) is 110 Å². The van der Waals surface area contributed by atoms with Crippen LogP contribution in [-0.2, 0) is 5.41 Å². The maximum Gasteiger partial charge on any atom is 0.407 e. The van der Waals surface area contributed by atoms with Gasteiger partial charge in [-0.2, -0.15) is 5.10 Å². The number of nitrogen functional groups attached to an aromatic ring is 1. The molecule has 3 N–H and O–H groups in total. The number of hydrogen-bond donors (Lipinski definition) is 2. The summed E-state index contributed by atoms with van der Waals surface area (Å²) in [7, 11) is 0. The third-order valence-corrected chi connectivity index (χ3v) is 5.76. The minimum Gasteiger partial charge on any atom is -0.465 e. The van der Waals surface area contributed by atoms with E-state index in [1.54, 1.807) is 4.68 Å². The van der Waals surface area contributed by atoms with Crippen molar-refractivity contribution in [3.8, 4) is 11.8 Å². The Kier molecular flexibility index (Phi) is 5.44. The first kappa shape index (κ1) is 22.5. The van der Waals surface area contributed by atoms with Crippen molar-refractivity contribution in [1.82, 2.24) is 24.6 Å². The zero-order chi connectivity index (χ0) is 24.1. The third kappa shape index (κ3) is 3.95. The zero-order valence-electron chi connectivity index (χ0n) is 18.8. The van der Waals surface area contributed by atoms with Crippen LogP contribution in [0, 0.1) is 30.4 Å². The highest BCUT2D eigenvalue weighted by Gasteiger charge is 2.32. The fourth-order valence-corrected chi connectivity index (χ4v) is 4.26. The molecule has 1 fully saturated rings. The van der Waals surface area contributed by atoms with Crippen LogP contribution in [-0.4, -0.2) is 48.9 Å². The molecule has 1 atom stereocenters. The van der Waals surface area contributed by atoms with E-state index in [0.29, 0.717) is 23.9 Å². The maximum absolute atomic E-state index is 14.0. The van der Waals surface area contributed by atoms with Crippen molar-refractivity contribution < 1.29 is 18.7 Å². The Morgan fingerprint density at radius 1 is 1.24 bits per heavy atom. The Labute approximate surface area is 189 Å². The standard InChI is InChI=1S/C23H24F2N6O2/c1-12-19-18(21(26)28-20(12)23(2,3)4)17(6-5-14-15(24)9-27-10-16(14)25)29-31(19)13-7-8-30(11-13)22(32)33/h9-10,13H,7-8,11H2,1-4H3,(H2,26,28)(H,32,33)/t13-/m0/s1. The number of amides is 1. The number of rotatable bonds is 1. The lowest BCUT2D eigenvalue weighted by Crippen LogP contribution is -2.27. The predicted octanol–water partition coefficient (Wildman–Crippen LogP) is 3.62. The number of fused-ring (bicyclic) bond motifs is 1. The molecule has 3 aromatic heterocycles. The molecule has 0 aromatic carbocycles. The number of carbonyl (C=O) groups is 1. The first-order valence-corrected chi connectivity index (χ1v) is 10.5. The number of nitrogens with two attached hydrogens (primary N) is 1. The normalized spacial score (nSPS) is 16.2. The number of aromatic nitrogens is 4. The van der Waals surface area contributed by atoms with Crippen LogP contribution in [0.15, 0.2) is 12.4 Å². The van der Waals surface area contributed by atoms with Crippen LogP contribution in [0.2, 0.25) is 0 Å². The van der Waals surface area contributed by atoms with Crippen LogP contribution < -0.4 is 5.73 Å². The molecule has 8 nitrogen and oxygen atoms in total. The highest BCUT2D eigenvalue weighted by Crippen LogP contribution is 2.36. The van der Waals surface area contributed by atoms with Gasteiger partial charge in [-0.3, -0.25) is 9.67 Å². The molecule has 1 aliphatic rings. The minimum absolute atomic E-state index is 0.208.